The molecule has 0 unspecified atom stereocenters. The maximum Gasteiger partial charge on any atom is 0.255 e. The van der Waals surface area contributed by atoms with E-state index in [1.807, 2.05) is 26.0 Å². The van der Waals surface area contributed by atoms with Gasteiger partial charge < -0.3 is 15.1 Å². The predicted octanol–water partition coefficient (Wildman–Crippen LogP) is 3.33. The highest BCUT2D eigenvalue weighted by molar-refractivity contribution is 6.05. The van der Waals surface area contributed by atoms with Crippen LogP contribution in [0.4, 0.5) is 11.4 Å². The van der Waals surface area contributed by atoms with Crippen LogP contribution in [0.2, 0.25) is 0 Å². The van der Waals surface area contributed by atoms with Crippen LogP contribution in [0.3, 0.4) is 0 Å². The van der Waals surface area contributed by atoms with Crippen LogP contribution >= 0.6 is 0 Å². The Morgan fingerprint density at radius 3 is 2.25 bits per heavy atom. The molecule has 146 valence electrons. The summed E-state index contributed by atoms with van der Waals surface area (Å²) in [6.07, 6.45) is 0.748. The number of fused-ring (bicyclic) bond motifs is 1. The first-order chi connectivity index (χ1) is 13.4. The Hall–Kier alpha value is -3.15. The highest BCUT2D eigenvalue weighted by Gasteiger charge is 2.23. The molecule has 2 aromatic rings. The molecule has 0 aromatic heterocycles. The fourth-order valence-corrected chi connectivity index (χ4v) is 3.46. The van der Waals surface area contributed by atoms with Crippen molar-refractivity contribution in [3.05, 3.63) is 59.2 Å². The molecular weight excluding hydrogens is 354 g/mol. The Labute approximate surface area is 165 Å². The number of nitrogens with one attached hydrogen (secondary N) is 1. The van der Waals surface area contributed by atoms with Gasteiger partial charge >= 0.3 is 0 Å². The number of carbonyl (C=O) groups is 3. The summed E-state index contributed by atoms with van der Waals surface area (Å²) in [5.41, 5.74) is 3.66. The highest BCUT2D eigenvalue weighted by atomic mass is 16.2. The van der Waals surface area contributed by atoms with E-state index < -0.39 is 0 Å². The van der Waals surface area contributed by atoms with Crippen molar-refractivity contribution >= 4 is 29.1 Å². The lowest BCUT2D eigenvalue weighted by Crippen LogP contribution is -2.30. The molecule has 1 N–H and O–H groups in total. The molecule has 1 aliphatic heterocycles. The Morgan fingerprint density at radius 2 is 1.64 bits per heavy atom. The molecule has 6 heteroatoms. The van der Waals surface area contributed by atoms with E-state index in [0.29, 0.717) is 36.4 Å². The van der Waals surface area contributed by atoms with Gasteiger partial charge in [0.25, 0.3) is 11.8 Å². The van der Waals surface area contributed by atoms with E-state index in [2.05, 4.69) is 5.32 Å². The Balaban J connectivity index is 1.70. The van der Waals surface area contributed by atoms with E-state index in [9.17, 15) is 14.4 Å². The van der Waals surface area contributed by atoms with Crippen molar-refractivity contribution in [2.45, 2.75) is 27.2 Å². The lowest BCUT2D eigenvalue weighted by Gasteiger charge is -2.18. The van der Waals surface area contributed by atoms with Gasteiger partial charge in [0.1, 0.15) is 0 Å². The van der Waals surface area contributed by atoms with E-state index in [4.69, 9.17) is 0 Å². The first-order valence-corrected chi connectivity index (χ1v) is 9.56. The summed E-state index contributed by atoms with van der Waals surface area (Å²) < 4.78 is 0. The number of anilines is 2. The molecule has 0 saturated carbocycles. The smallest absolute Gasteiger partial charge is 0.255 e. The second-order valence-corrected chi connectivity index (χ2v) is 6.77. The fraction of sp³-hybridized carbons (Fsp3) is 0.318. The highest BCUT2D eigenvalue weighted by Crippen LogP contribution is 2.29. The number of carbonyl (C=O) groups excluding carboxylic acids is 3. The molecule has 2 aromatic carbocycles. The zero-order chi connectivity index (χ0) is 20.3. The molecule has 1 aliphatic rings. The van der Waals surface area contributed by atoms with Crippen LogP contribution in [0.5, 0.6) is 0 Å². The van der Waals surface area contributed by atoms with Crippen molar-refractivity contribution in [2.75, 3.05) is 29.9 Å². The summed E-state index contributed by atoms with van der Waals surface area (Å²) in [5.74, 6) is -0.223. The van der Waals surface area contributed by atoms with Crippen molar-refractivity contribution in [3.8, 4) is 0 Å². The van der Waals surface area contributed by atoms with E-state index in [-0.39, 0.29) is 17.7 Å². The molecule has 0 atom stereocenters. The summed E-state index contributed by atoms with van der Waals surface area (Å²) in [7, 11) is 0. The maximum absolute atomic E-state index is 12.6. The molecule has 1 heterocycles. The first kappa shape index (κ1) is 19.6. The number of nitrogens with zero attached hydrogens (tertiary/aromatic N) is 2. The van der Waals surface area contributed by atoms with Gasteiger partial charge in [0.15, 0.2) is 0 Å². The third kappa shape index (κ3) is 3.91. The van der Waals surface area contributed by atoms with E-state index in [1.54, 1.807) is 47.1 Å². The third-order valence-corrected chi connectivity index (χ3v) is 5.06. The molecule has 6 nitrogen and oxygen atoms in total. The first-order valence-electron chi connectivity index (χ1n) is 9.56. The average molecular weight is 379 g/mol. The summed E-state index contributed by atoms with van der Waals surface area (Å²) in [6.45, 7) is 7.41. The third-order valence-electron chi connectivity index (χ3n) is 5.06. The molecule has 0 aliphatic carbocycles. The monoisotopic (exact) mass is 379 g/mol. The SMILES string of the molecule is CCN(CC)C(=O)c1ccc(NC(=O)c2ccc3c(c2)CCN3C(C)=O)cc1. The molecular formula is C22H25N3O3. The number of benzene rings is 2. The van der Waals surface area contributed by atoms with Crippen LogP contribution in [-0.2, 0) is 11.2 Å². The summed E-state index contributed by atoms with van der Waals surface area (Å²) in [6, 6.07) is 12.3. The lowest BCUT2D eigenvalue weighted by atomic mass is 10.1. The molecule has 0 radical (unpaired) electrons. The van der Waals surface area contributed by atoms with Crippen molar-refractivity contribution in [2.24, 2.45) is 0 Å². The van der Waals surface area contributed by atoms with Crippen LogP contribution in [0.25, 0.3) is 0 Å². The molecule has 0 spiro atoms. The quantitative estimate of drug-likeness (QED) is 0.866. The second kappa shape index (κ2) is 8.25. The zero-order valence-electron chi connectivity index (χ0n) is 16.5. The van der Waals surface area contributed by atoms with Gasteiger partial charge in [0, 0.05) is 49.1 Å². The zero-order valence-corrected chi connectivity index (χ0v) is 16.5. The molecule has 3 amide bonds. The number of hydrogen-bond donors (Lipinski definition) is 1. The van der Waals surface area contributed by atoms with Crippen LogP contribution in [0.15, 0.2) is 42.5 Å². The lowest BCUT2D eigenvalue weighted by molar-refractivity contribution is -0.116. The van der Waals surface area contributed by atoms with Gasteiger partial charge in [-0.1, -0.05) is 0 Å². The van der Waals surface area contributed by atoms with Crippen molar-refractivity contribution in [1.82, 2.24) is 4.90 Å². The van der Waals surface area contributed by atoms with Gasteiger partial charge in [-0.25, -0.2) is 0 Å². The molecule has 28 heavy (non-hydrogen) atoms. The number of amides is 3. The Bertz CT molecular complexity index is 902. The van der Waals surface area contributed by atoms with E-state index in [1.165, 1.54) is 0 Å². The summed E-state index contributed by atoms with van der Waals surface area (Å²) >= 11 is 0. The standard InChI is InChI=1S/C22H25N3O3/c1-4-24(5-2)22(28)16-6-9-19(10-7-16)23-21(27)18-8-11-20-17(14-18)12-13-25(20)15(3)26/h6-11,14H,4-5,12-13H2,1-3H3,(H,23,27). The normalized spacial score (nSPS) is 12.5. The summed E-state index contributed by atoms with van der Waals surface area (Å²) in [4.78, 5) is 40.1. The average Bonchev–Trinajstić information content (AvgIpc) is 3.13. The van der Waals surface area contributed by atoms with Crippen molar-refractivity contribution in [3.63, 3.8) is 0 Å². The summed E-state index contributed by atoms with van der Waals surface area (Å²) in [5, 5.41) is 2.86. The van der Waals surface area contributed by atoms with Crippen molar-refractivity contribution in [1.29, 1.82) is 0 Å². The fourth-order valence-electron chi connectivity index (χ4n) is 3.46. The number of rotatable bonds is 5. The van der Waals surface area contributed by atoms with Gasteiger partial charge in [0.2, 0.25) is 5.91 Å². The van der Waals surface area contributed by atoms with Gasteiger partial charge in [0.05, 0.1) is 0 Å². The molecule has 0 saturated heterocycles. The maximum atomic E-state index is 12.6. The van der Waals surface area contributed by atoms with Crippen LogP contribution < -0.4 is 10.2 Å². The van der Waals surface area contributed by atoms with Crippen LogP contribution in [0, 0.1) is 0 Å². The predicted molar refractivity (Wildman–Crippen MR) is 110 cm³/mol. The number of hydrogen-bond acceptors (Lipinski definition) is 3. The minimum Gasteiger partial charge on any atom is -0.339 e. The van der Waals surface area contributed by atoms with Gasteiger partial charge in [-0.05, 0) is 68.3 Å². The topological polar surface area (TPSA) is 69.7 Å². The molecule has 0 fully saturated rings. The van der Waals surface area contributed by atoms with E-state index >= 15 is 0 Å². The van der Waals surface area contributed by atoms with Crippen LogP contribution in [0.1, 0.15) is 47.1 Å². The van der Waals surface area contributed by atoms with Crippen LogP contribution in [-0.4, -0.2) is 42.3 Å². The minimum absolute atomic E-state index is 0.00954. The van der Waals surface area contributed by atoms with E-state index in [0.717, 1.165) is 17.7 Å². The Morgan fingerprint density at radius 1 is 1.00 bits per heavy atom. The molecule has 3 rings (SSSR count). The van der Waals surface area contributed by atoms with Gasteiger partial charge in [-0.2, -0.15) is 0 Å². The second-order valence-electron chi connectivity index (χ2n) is 6.77. The van der Waals surface area contributed by atoms with Gasteiger partial charge in [-0.15, -0.1) is 0 Å². The Kier molecular flexibility index (Phi) is 5.78. The van der Waals surface area contributed by atoms with Gasteiger partial charge in [-0.3, -0.25) is 14.4 Å². The molecule has 0 bridgehead atoms. The minimum atomic E-state index is -0.216. The van der Waals surface area contributed by atoms with Crippen molar-refractivity contribution < 1.29 is 14.4 Å². The largest absolute Gasteiger partial charge is 0.339 e.